The number of phenolic OH excluding ortho intramolecular Hbond substituents is 2. The van der Waals surface area contributed by atoms with E-state index in [9.17, 15) is 15.0 Å². The van der Waals surface area contributed by atoms with Gasteiger partial charge in [0.25, 0.3) is 5.91 Å². The molecular weight excluding hydrogens is 222 g/mol. The summed E-state index contributed by atoms with van der Waals surface area (Å²) in [6, 6.07) is 3.87. The van der Waals surface area contributed by atoms with Crippen LogP contribution in [-0.4, -0.2) is 45.3 Å². The van der Waals surface area contributed by atoms with Crippen LogP contribution < -0.4 is 0 Å². The number of aromatic hydroxyl groups is 2. The third-order valence-corrected chi connectivity index (χ3v) is 2.90. The lowest BCUT2D eigenvalue weighted by Gasteiger charge is -2.30. The van der Waals surface area contributed by atoms with Crippen molar-refractivity contribution in [3.8, 4) is 11.5 Å². The van der Waals surface area contributed by atoms with Crippen molar-refractivity contribution in [1.82, 2.24) is 4.90 Å². The number of amides is 1. The van der Waals surface area contributed by atoms with Crippen LogP contribution in [0.3, 0.4) is 0 Å². The minimum atomic E-state index is -0.494. The third kappa shape index (κ3) is 2.50. The Hall–Kier alpha value is -1.75. The van der Waals surface area contributed by atoms with E-state index < -0.39 is 6.10 Å². The number of aliphatic hydroxyl groups excluding tert-OH is 1. The number of piperidine rings is 1. The molecule has 2 rings (SSSR count). The molecule has 1 aliphatic rings. The maximum Gasteiger partial charge on any atom is 0.257 e. The van der Waals surface area contributed by atoms with Crippen molar-refractivity contribution >= 4 is 5.91 Å². The number of phenols is 2. The standard InChI is InChI=1S/C12H15NO4/c14-8-3-4-10(11(16)6-8)12(17)13-5-1-2-9(15)7-13/h3-4,6,9,14-16H,1-2,5,7H2. The summed E-state index contributed by atoms with van der Waals surface area (Å²) in [7, 11) is 0. The highest BCUT2D eigenvalue weighted by molar-refractivity contribution is 5.97. The number of hydrogen-bond acceptors (Lipinski definition) is 4. The molecule has 92 valence electrons. The van der Waals surface area contributed by atoms with Gasteiger partial charge in [-0.1, -0.05) is 0 Å². The molecule has 3 N–H and O–H groups in total. The van der Waals surface area contributed by atoms with E-state index in [-0.39, 0.29) is 23.0 Å². The van der Waals surface area contributed by atoms with Gasteiger partial charge in [-0.05, 0) is 25.0 Å². The van der Waals surface area contributed by atoms with Gasteiger partial charge in [-0.3, -0.25) is 4.79 Å². The van der Waals surface area contributed by atoms with Crippen LogP contribution in [0.4, 0.5) is 0 Å². The minimum absolute atomic E-state index is 0.0854. The Kier molecular flexibility index (Phi) is 3.19. The van der Waals surface area contributed by atoms with Gasteiger partial charge in [-0.2, -0.15) is 0 Å². The molecule has 0 saturated carbocycles. The normalized spacial score (nSPS) is 20.3. The van der Waals surface area contributed by atoms with Crippen LogP contribution in [-0.2, 0) is 0 Å². The second-order valence-electron chi connectivity index (χ2n) is 4.25. The number of benzene rings is 1. The van der Waals surface area contributed by atoms with Crippen molar-refractivity contribution in [3.63, 3.8) is 0 Å². The van der Waals surface area contributed by atoms with E-state index in [1.54, 1.807) is 0 Å². The fourth-order valence-electron chi connectivity index (χ4n) is 2.01. The second-order valence-corrected chi connectivity index (χ2v) is 4.25. The van der Waals surface area contributed by atoms with Crippen LogP contribution in [0.15, 0.2) is 18.2 Å². The van der Waals surface area contributed by atoms with Crippen LogP contribution in [0.2, 0.25) is 0 Å². The molecule has 1 heterocycles. The maximum absolute atomic E-state index is 12.1. The fraction of sp³-hybridized carbons (Fsp3) is 0.417. The van der Waals surface area contributed by atoms with Crippen LogP contribution in [0.5, 0.6) is 11.5 Å². The van der Waals surface area contributed by atoms with Gasteiger partial charge in [-0.25, -0.2) is 0 Å². The molecule has 5 heteroatoms. The summed E-state index contributed by atoms with van der Waals surface area (Å²) < 4.78 is 0. The highest BCUT2D eigenvalue weighted by Gasteiger charge is 2.24. The second kappa shape index (κ2) is 4.63. The van der Waals surface area contributed by atoms with E-state index in [0.29, 0.717) is 19.5 Å². The number of carbonyl (C=O) groups excluding carboxylic acids is 1. The Morgan fingerprint density at radius 3 is 2.76 bits per heavy atom. The lowest BCUT2D eigenvalue weighted by molar-refractivity contribution is 0.0471. The maximum atomic E-state index is 12.1. The van der Waals surface area contributed by atoms with Gasteiger partial charge in [0.15, 0.2) is 0 Å². The zero-order valence-electron chi connectivity index (χ0n) is 9.33. The highest BCUT2D eigenvalue weighted by atomic mass is 16.3. The molecule has 17 heavy (non-hydrogen) atoms. The number of nitrogens with zero attached hydrogens (tertiary/aromatic N) is 1. The largest absolute Gasteiger partial charge is 0.508 e. The van der Waals surface area contributed by atoms with Crippen molar-refractivity contribution < 1.29 is 20.1 Å². The molecule has 1 amide bonds. The number of likely N-dealkylation sites (tertiary alicyclic amines) is 1. The molecule has 1 unspecified atom stereocenters. The quantitative estimate of drug-likeness (QED) is 0.671. The van der Waals surface area contributed by atoms with Crippen molar-refractivity contribution in [3.05, 3.63) is 23.8 Å². The Balaban J connectivity index is 2.18. The van der Waals surface area contributed by atoms with Crippen LogP contribution in [0, 0.1) is 0 Å². The first kappa shape index (κ1) is 11.7. The Morgan fingerprint density at radius 1 is 1.35 bits per heavy atom. The summed E-state index contributed by atoms with van der Waals surface area (Å²) in [5, 5.41) is 28.2. The average molecular weight is 237 g/mol. The van der Waals surface area contributed by atoms with Gasteiger partial charge in [0, 0.05) is 19.2 Å². The number of hydrogen-bond donors (Lipinski definition) is 3. The number of carbonyl (C=O) groups is 1. The van der Waals surface area contributed by atoms with E-state index in [4.69, 9.17) is 5.11 Å². The topological polar surface area (TPSA) is 81.0 Å². The summed E-state index contributed by atoms with van der Waals surface area (Å²) in [5.74, 6) is -0.644. The molecule has 1 aromatic carbocycles. The Morgan fingerprint density at radius 2 is 2.12 bits per heavy atom. The molecule has 0 spiro atoms. The van der Waals surface area contributed by atoms with E-state index in [1.807, 2.05) is 0 Å². The third-order valence-electron chi connectivity index (χ3n) is 2.90. The van der Waals surface area contributed by atoms with Crippen molar-refractivity contribution in [2.24, 2.45) is 0 Å². The Bertz CT molecular complexity index is 433. The summed E-state index contributed by atoms with van der Waals surface area (Å²) in [6.45, 7) is 0.870. The molecule has 0 aromatic heterocycles. The van der Waals surface area contributed by atoms with Gasteiger partial charge in [0.2, 0.25) is 0 Å². The first-order valence-electron chi connectivity index (χ1n) is 5.57. The van der Waals surface area contributed by atoms with Gasteiger partial charge in [0.1, 0.15) is 11.5 Å². The molecule has 1 atom stereocenters. The highest BCUT2D eigenvalue weighted by Crippen LogP contribution is 2.24. The molecule has 0 bridgehead atoms. The molecule has 1 fully saturated rings. The predicted octanol–water partition coefficient (Wildman–Crippen LogP) is 0.695. The summed E-state index contributed by atoms with van der Waals surface area (Å²) in [5.41, 5.74) is 0.150. The zero-order chi connectivity index (χ0) is 12.4. The van der Waals surface area contributed by atoms with Crippen LogP contribution >= 0.6 is 0 Å². The van der Waals surface area contributed by atoms with Crippen molar-refractivity contribution in [2.75, 3.05) is 13.1 Å². The number of rotatable bonds is 1. The number of β-amino-alcohol motifs (C(OH)–C–C–N with tert-alkyl or cyclic N) is 1. The lowest BCUT2D eigenvalue weighted by Crippen LogP contribution is -2.42. The monoisotopic (exact) mass is 237 g/mol. The fourth-order valence-corrected chi connectivity index (χ4v) is 2.01. The number of aliphatic hydroxyl groups is 1. The average Bonchev–Trinajstić information content (AvgIpc) is 2.28. The zero-order valence-corrected chi connectivity index (χ0v) is 9.33. The molecule has 5 nitrogen and oxygen atoms in total. The van der Waals surface area contributed by atoms with Gasteiger partial charge in [0.05, 0.1) is 11.7 Å². The first-order valence-corrected chi connectivity index (χ1v) is 5.57. The van der Waals surface area contributed by atoms with Gasteiger partial charge in [-0.15, -0.1) is 0 Å². The molecular formula is C12H15NO4. The van der Waals surface area contributed by atoms with E-state index >= 15 is 0 Å². The van der Waals surface area contributed by atoms with Crippen molar-refractivity contribution in [1.29, 1.82) is 0 Å². The van der Waals surface area contributed by atoms with E-state index in [0.717, 1.165) is 12.5 Å². The van der Waals surface area contributed by atoms with E-state index in [1.165, 1.54) is 17.0 Å². The summed E-state index contributed by atoms with van der Waals surface area (Å²) >= 11 is 0. The lowest BCUT2D eigenvalue weighted by atomic mass is 10.1. The SMILES string of the molecule is O=C(c1ccc(O)cc1O)N1CCCC(O)C1. The summed E-state index contributed by atoms with van der Waals surface area (Å²) in [4.78, 5) is 13.6. The first-order chi connectivity index (χ1) is 8.08. The van der Waals surface area contributed by atoms with Crippen LogP contribution in [0.25, 0.3) is 0 Å². The molecule has 1 aromatic rings. The van der Waals surface area contributed by atoms with E-state index in [2.05, 4.69) is 0 Å². The molecule has 1 saturated heterocycles. The van der Waals surface area contributed by atoms with Gasteiger partial charge < -0.3 is 20.2 Å². The predicted molar refractivity (Wildman–Crippen MR) is 60.9 cm³/mol. The minimum Gasteiger partial charge on any atom is -0.508 e. The van der Waals surface area contributed by atoms with Gasteiger partial charge >= 0.3 is 0 Å². The van der Waals surface area contributed by atoms with Crippen molar-refractivity contribution in [2.45, 2.75) is 18.9 Å². The van der Waals surface area contributed by atoms with Crippen LogP contribution in [0.1, 0.15) is 23.2 Å². The molecule has 0 aliphatic carbocycles. The molecule has 0 radical (unpaired) electrons. The Labute approximate surface area is 98.9 Å². The smallest absolute Gasteiger partial charge is 0.257 e. The molecule has 1 aliphatic heterocycles. The summed E-state index contributed by atoms with van der Waals surface area (Å²) in [6.07, 6.45) is 0.962.